The first-order valence-corrected chi connectivity index (χ1v) is 14.5. The predicted octanol–water partition coefficient (Wildman–Crippen LogP) is 6.86. The quantitative estimate of drug-likeness (QED) is 0.281. The summed E-state index contributed by atoms with van der Waals surface area (Å²) in [4.78, 5) is 30.7. The van der Waals surface area contributed by atoms with Crippen molar-refractivity contribution >= 4 is 17.5 Å². The number of pyridine rings is 1. The summed E-state index contributed by atoms with van der Waals surface area (Å²) in [6.07, 6.45) is 10.5. The second-order valence-electron chi connectivity index (χ2n) is 11.8. The Balaban J connectivity index is 1.66. The van der Waals surface area contributed by atoms with E-state index in [0.717, 1.165) is 48.3 Å². The number of aryl methyl sites for hydroxylation is 2. The summed E-state index contributed by atoms with van der Waals surface area (Å²) in [5.74, 6) is 0.482. The molecule has 0 spiro atoms. The van der Waals surface area contributed by atoms with Crippen LogP contribution in [0.4, 0.5) is 15.0 Å². The minimum atomic E-state index is -0.566. The maximum Gasteiger partial charge on any atom is 0.410 e. The monoisotopic (exact) mass is 559 g/mol. The van der Waals surface area contributed by atoms with Gasteiger partial charge in [0.25, 0.3) is 0 Å². The molecule has 0 bridgehead atoms. The van der Waals surface area contributed by atoms with Gasteiger partial charge >= 0.3 is 6.09 Å². The van der Waals surface area contributed by atoms with Gasteiger partial charge in [-0.25, -0.2) is 19.2 Å². The number of amides is 1. The summed E-state index contributed by atoms with van der Waals surface area (Å²) in [5, 5.41) is 0. The number of carbonyl (C=O) groups is 1. The van der Waals surface area contributed by atoms with E-state index in [9.17, 15) is 4.79 Å². The van der Waals surface area contributed by atoms with E-state index in [2.05, 4.69) is 22.9 Å². The van der Waals surface area contributed by atoms with Crippen molar-refractivity contribution < 1.29 is 13.9 Å². The number of hydrogen-bond acceptors (Lipinski definition) is 6. The zero-order valence-electron chi connectivity index (χ0n) is 25.1. The minimum absolute atomic E-state index is 0.0375. The van der Waals surface area contributed by atoms with Crippen molar-refractivity contribution in [3.05, 3.63) is 89.4 Å². The third kappa shape index (κ3) is 7.48. The Hall–Kier alpha value is -3.81. The third-order valence-corrected chi connectivity index (χ3v) is 7.37. The maximum atomic E-state index is 15.2. The topological polar surface area (TPSA) is 71.5 Å². The largest absolute Gasteiger partial charge is 0.444 e. The van der Waals surface area contributed by atoms with Crippen LogP contribution in [0, 0.1) is 5.82 Å². The number of aromatic nitrogens is 3. The number of carbonyl (C=O) groups excluding carboxylic acids is 1. The lowest BCUT2D eigenvalue weighted by atomic mass is 9.93. The lowest BCUT2D eigenvalue weighted by Gasteiger charge is -2.45. The van der Waals surface area contributed by atoms with Crippen LogP contribution < -0.4 is 4.90 Å². The third-order valence-electron chi connectivity index (χ3n) is 7.37. The molecule has 0 saturated carbocycles. The number of halogens is 1. The number of nitrogens with zero attached hydrogens (tertiary/aromatic N) is 5. The summed E-state index contributed by atoms with van der Waals surface area (Å²) in [7, 11) is 0. The molecule has 7 nitrogen and oxygen atoms in total. The number of rotatable bonds is 8. The number of unbranched alkanes of at least 4 members (excludes halogenated alkanes) is 1. The molecule has 8 heteroatoms. The second-order valence-corrected chi connectivity index (χ2v) is 11.8. The molecule has 2 aromatic heterocycles. The van der Waals surface area contributed by atoms with Crippen LogP contribution in [-0.2, 0) is 17.6 Å². The zero-order chi connectivity index (χ0) is 29.6. The van der Waals surface area contributed by atoms with Crippen molar-refractivity contribution in [2.45, 2.75) is 84.9 Å². The highest BCUT2D eigenvalue weighted by Gasteiger charge is 2.36. The van der Waals surface area contributed by atoms with Crippen molar-refractivity contribution in [2.75, 3.05) is 18.0 Å². The first-order valence-electron chi connectivity index (χ1n) is 14.5. The number of allylic oxidation sites excluding steroid dienone is 1. The predicted molar refractivity (Wildman–Crippen MR) is 161 cm³/mol. The number of piperazine rings is 1. The van der Waals surface area contributed by atoms with E-state index in [-0.39, 0.29) is 24.0 Å². The highest BCUT2D eigenvalue weighted by Crippen LogP contribution is 2.36. The van der Waals surface area contributed by atoms with Gasteiger partial charge in [-0.1, -0.05) is 30.3 Å². The molecule has 1 unspecified atom stereocenters. The van der Waals surface area contributed by atoms with Crippen molar-refractivity contribution in [3.63, 3.8) is 0 Å². The Morgan fingerprint density at radius 1 is 1.05 bits per heavy atom. The van der Waals surface area contributed by atoms with Crippen LogP contribution >= 0.6 is 0 Å². The highest BCUT2D eigenvalue weighted by molar-refractivity contribution is 5.86. The van der Waals surface area contributed by atoms with E-state index < -0.39 is 5.60 Å². The summed E-state index contributed by atoms with van der Waals surface area (Å²) >= 11 is 0. The van der Waals surface area contributed by atoms with E-state index >= 15 is 4.39 Å². The van der Waals surface area contributed by atoms with Gasteiger partial charge in [-0.05, 0) is 90.5 Å². The van der Waals surface area contributed by atoms with E-state index in [1.54, 1.807) is 29.6 Å². The summed E-state index contributed by atoms with van der Waals surface area (Å²) in [6.45, 7) is 12.7. The lowest BCUT2D eigenvalue weighted by Crippen LogP contribution is -2.59. The molecule has 0 N–H and O–H groups in total. The molecule has 1 fully saturated rings. The molecular weight excluding hydrogens is 517 g/mol. The standard InChI is InChI=1S/C33H42FN5O2/c1-7-26(27-15-9-10-16-28(27)34)30-29(17-11-8-13-25-14-12-18-35-19-25)36-22-37-31(30)38-20-24(3)39(21-23(38)2)32(40)41-33(4,5)6/h7,9-10,12,14-16,18-19,22-24H,8,11,13,17,20-21H2,1-6H3/b26-7-/t23?,24-/m1/s1. The molecule has 1 saturated heterocycles. The van der Waals surface area contributed by atoms with Crippen LogP contribution in [0.3, 0.4) is 0 Å². The van der Waals surface area contributed by atoms with Gasteiger partial charge in [-0.3, -0.25) is 4.98 Å². The summed E-state index contributed by atoms with van der Waals surface area (Å²) in [5.41, 5.74) is 3.69. The smallest absolute Gasteiger partial charge is 0.410 e. The summed E-state index contributed by atoms with van der Waals surface area (Å²) in [6, 6.07) is 10.8. The first kappa shape index (κ1) is 30.2. The van der Waals surface area contributed by atoms with Gasteiger partial charge in [-0.2, -0.15) is 0 Å². The van der Waals surface area contributed by atoms with Crippen molar-refractivity contribution in [1.29, 1.82) is 0 Å². The SMILES string of the molecule is C/C=C(/c1ccccc1F)c1c(CCCCc2cccnc2)ncnc1N1C[C@@H](C)N(C(=O)OC(C)(C)C)CC1C. The molecule has 3 aromatic rings. The molecule has 0 aliphatic carbocycles. The number of anilines is 1. The molecule has 1 aliphatic rings. The van der Waals surface area contributed by atoms with Crippen LogP contribution in [-0.4, -0.2) is 56.7 Å². The Morgan fingerprint density at radius 2 is 1.80 bits per heavy atom. The summed E-state index contributed by atoms with van der Waals surface area (Å²) < 4.78 is 20.8. The van der Waals surface area contributed by atoms with Gasteiger partial charge < -0.3 is 14.5 Å². The van der Waals surface area contributed by atoms with Gasteiger partial charge in [0, 0.05) is 48.7 Å². The first-order chi connectivity index (χ1) is 19.6. The highest BCUT2D eigenvalue weighted by atomic mass is 19.1. The van der Waals surface area contributed by atoms with Crippen LogP contribution in [0.2, 0.25) is 0 Å². The molecular formula is C33H42FN5O2. The second kappa shape index (κ2) is 13.2. The number of benzene rings is 1. The van der Waals surface area contributed by atoms with E-state index in [1.807, 2.05) is 59.0 Å². The van der Waals surface area contributed by atoms with Gasteiger partial charge in [0.05, 0.1) is 5.69 Å². The van der Waals surface area contributed by atoms with Crippen molar-refractivity contribution in [3.8, 4) is 0 Å². The van der Waals surface area contributed by atoms with Gasteiger partial charge in [0.2, 0.25) is 0 Å². The van der Waals surface area contributed by atoms with E-state index in [1.165, 1.54) is 11.6 Å². The van der Waals surface area contributed by atoms with Crippen molar-refractivity contribution in [2.24, 2.45) is 0 Å². The maximum absolute atomic E-state index is 15.2. The molecule has 1 aliphatic heterocycles. The van der Waals surface area contributed by atoms with E-state index in [4.69, 9.17) is 14.7 Å². The molecule has 218 valence electrons. The molecule has 4 rings (SSSR count). The fraction of sp³-hybridized carbons (Fsp3) is 0.455. The molecule has 1 aromatic carbocycles. The van der Waals surface area contributed by atoms with Crippen LogP contribution in [0.15, 0.2) is 61.2 Å². The van der Waals surface area contributed by atoms with Crippen LogP contribution in [0.5, 0.6) is 0 Å². The molecule has 41 heavy (non-hydrogen) atoms. The van der Waals surface area contributed by atoms with Crippen molar-refractivity contribution in [1.82, 2.24) is 19.9 Å². The Labute approximate surface area is 243 Å². The fourth-order valence-electron chi connectivity index (χ4n) is 5.37. The average molecular weight is 560 g/mol. The molecule has 2 atom stereocenters. The minimum Gasteiger partial charge on any atom is -0.444 e. The number of hydrogen-bond donors (Lipinski definition) is 0. The molecule has 3 heterocycles. The van der Waals surface area contributed by atoms with Gasteiger partial charge in [-0.15, -0.1) is 0 Å². The zero-order valence-corrected chi connectivity index (χ0v) is 25.1. The number of ether oxygens (including phenoxy) is 1. The Morgan fingerprint density at radius 3 is 2.49 bits per heavy atom. The average Bonchev–Trinajstić information content (AvgIpc) is 2.93. The fourth-order valence-corrected chi connectivity index (χ4v) is 5.37. The Kier molecular flexibility index (Phi) is 9.73. The lowest BCUT2D eigenvalue weighted by molar-refractivity contribution is 0.0129. The normalized spacial score (nSPS) is 18.0. The molecule has 0 radical (unpaired) electrons. The molecule has 1 amide bonds. The van der Waals surface area contributed by atoms with Crippen LogP contribution in [0.1, 0.15) is 76.8 Å². The van der Waals surface area contributed by atoms with Gasteiger partial charge in [0.15, 0.2) is 0 Å². The van der Waals surface area contributed by atoms with Gasteiger partial charge in [0.1, 0.15) is 23.6 Å². The Bertz CT molecular complexity index is 1360. The van der Waals surface area contributed by atoms with E-state index in [0.29, 0.717) is 18.7 Å². The van der Waals surface area contributed by atoms with Crippen LogP contribution in [0.25, 0.3) is 5.57 Å².